The van der Waals surface area contributed by atoms with Gasteiger partial charge in [0.25, 0.3) is 0 Å². The number of anilines is 2. The number of rotatable bonds is 5. The summed E-state index contributed by atoms with van der Waals surface area (Å²) in [5, 5.41) is 1.18. The van der Waals surface area contributed by atoms with Crippen molar-refractivity contribution in [2.24, 2.45) is 5.92 Å². The topological polar surface area (TPSA) is 42.2 Å². The largest absolute Gasteiger partial charge is 0.399 e. The molecule has 4 heteroatoms. The number of benzene rings is 1. The Kier molecular flexibility index (Phi) is 4.34. The van der Waals surface area contributed by atoms with Gasteiger partial charge in [0.05, 0.1) is 10.2 Å². The molecular weight excluding hydrogens is 278 g/mol. The van der Waals surface area contributed by atoms with Gasteiger partial charge in [-0.2, -0.15) is 0 Å². The Morgan fingerprint density at radius 3 is 2.81 bits per heavy atom. The van der Waals surface area contributed by atoms with Crippen molar-refractivity contribution in [3.05, 3.63) is 18.2 Å². The average Bonchev–Trinajstić information content (AvgIpc) is 3.07. The summed E-state index contributed by atoms with van der Waals surface area (Å²) in [5.41, 5.74) is 7.80. The molecule has 2 aromatic rings. The minimum absolute atomic E-state index is 0.682. The lowest BCUT2D eigenvalue weighted by molar-refractivity contribution is 0.528. The number of nitrogens with two attached hydrogens (primary N) is 1. The van der Waals surface area contributed by atoms with Crippen LogP contribution in [0.2, 0.25) is 0 Å². The van der Waals surface area contributed by atoms with Crippen LogP contribution < -0.4 is 10.6 Å². The van der Waals surface area contributed by atoms with Crippen molar-refractivity contribution in [3.63, 3.8) is 0 Å². The highest BCUT2D eigenvalue weighted by Gasteiger charge is 2.25. The number of hydrogen-bond donors (Lipinski definition) is 1. The number of aromatic nitrogens is 1. The molecule has 21 heavy (non-hydrogen) atoms. The molecule has 3 rings (SSSR count). The highest BCUT2D eigenvalue weighted by atomic mass is 32.1. The van der Waals surface area contributed by atoms with Crippen molar-refractivity contribution in [1.29, 1.82) is 0 Å². The molecule has 0 bridgehead atoms. The van der Waals surface area contributed by atoms with Crippen LogP contribution in [0.3, 0.4) is 0 Å². The zero-order valence-electron chi connectivity index (χ0n) is 13.0. The minimum Gasteiger partial charge on any atom is -0.399 e. The van der Waals surface area contributed by atoms with Crippen molar-refractivity contribution in [2.45, 2.75) is 52.0 Å². The van der Waals surface area contributed by atoms with Crippen LogP contribution in [0.15, 0.2) is 18.2 Å². The average molecular weight is 303 g/mol. The fourth-order valence-corrected chi connectivity index (χ4v) is 4.21. The lowest BCUT2D eigenvalue weighted by Gasteiger charge is -2.29. The zero-order valence-corrected chi connectivity index (χ0v) is 13.8. The quantitative estimate of drug-likeness (QED) is 0.816. The molecule has 3 nitrogen and oxygen atoms in total. The van der Waals surface area contributed by atoms with Crippen molar-refractivity contribution in [2.75, 3.05) is 17.2 Å². The first-order valence-electron chi connectivity index (χ1n) is 8.06. The predicted molar refractivity (Wildman–Crippen MR) is 93.1 cm³/mol. The first-order valence-corrected chi connectivity index (χ1v) is 8.88. The molecule has 1 aliphatic carbocycles. The Labute approximate surface area is 131 Å². The van der Waals surface area contributed by atoms with Gasteiger partial charge in [-0.1, -0.05) is 38.0 Å². The number of hydrogen-bond acceptors (Lipinski definition) is 4. The molecule has 1 aliphatic rings. The second-order valence-corrected chi connectivity index (χ2v) is 7.55. The first kappa shape index (κ1) is 14.6. The molecule has 0 aliphatic heterocycles. The lowest BCUT2D eigenvalue weighted by Crippen LogP contribution is -2.34. The van der Waals surface area contributed by atoms with Gasteiger partial charge in [0, 0.05) is 18.3 Å². The van der Waals surface area contributed by atoms with Gasteiger partial charge in [-0.15, -0.1) is 0 Å². The number of nitrogens with zero attached hydrogens (tertiary/aromatic N) is 2. The molecule has 1 saturated carbocycles. The van der Waals surface area contributed by atoms with Gasteiger partial charge in [-0.25, -0.2) is 4.98 Å². The van der Waals surface area contributed by atoms with Crippen LogP contribution in [0, 0.1) is 5.92 Å². The molecular formula is C17H25N3S. The summed E-state index contributed by atoms with van der Waals surface area (Å²) in [7, 11) is 0. The van der Waals surface area contributed by atoms with Crippen molar-refractivity contribution in [3.8, 4) is 0 Å². The summed E-state index contributed by atoms with van der Waals surface area (Å²) in [4.78, 5) is 7.43. The molecule has 1 aromatic carbocycles. The normalized spacial score (nSPS) is 16.1. The van der Waals surface area contributed by atoms with E-state index in [-0.39, 0.29) is 0 Å². The zero-order chi connectivity index (χ0) is 14.8. The third-order valence-corrected chi connectivity index (χ3v) is 5.41. The fraction of sp³-hybridized carbons (Fsp3) is 0.588. The predicted octanol–water partition coefficient (Wildman–Crippen LogP) is 4.67. The summed E-state index contributed by atoms with van der Waals surface area (Å²) in [6, 6.07) is 6.72. The molecule has 0 spiro atoms. The Balaban J connectivity index is 1.88. The van der Waals surface area contributed by atoms with Gasteiger partial charge in [-0.3, -0.25) is 0 Å². The number of thiazole rings is 1. The number of fused-ring (bicyclic) bond motifs is 1. The highest BCUT2D eigenvalue weighted by molar-refractivity contribution is 7.22. The molecule has 1 aromatic heterocycles. The SMILES string of the molecule is CC(C)CCN(c1nc2ccc(N)cc2s1)C1CCCC1. The summed E-state index contributed by atoms with van der Waals surface area (Å²) in [6.07, 6.45) is 6.59. The van der Waals surface area contributed by atoms with Crippen LogP contribution in [0.4, 0.5) is 10.8 Å². The van der Waals surface area contributed by atoms with Crippen LogP contribution in [-0.2, 0) is 0 Å². The van der Waals surface area contributed by atoms with Crippen LogP contribution in [0.1, 0.15) is 46.0 Å². The van der Waals surface area contributed by atoms with Crippen LogP contribution >= 0.6 is 11.3 Å². The second-order valence-electron chi connectivity index (χ2n) is 6.54. The van der Waals surface area contributed by atoms with Crippen molar-refractivity contribution < 1.29 is 0 Å². The van der Waals surface area contributed by atoms with E-state index in [1.807, 2.05) is 18.2 Å². The third-order valence-electron chi connectivity index (χ3n) is 4.36. The third kappa shape index (κ3) is 3.31. The summed E-state index contributed by atoms with van der Waals surface area (Å²) < 4.78 is 1.21. The maximum atomic E-state index is 5.90. The van der Waals surface area contributed by atoms with Gasteiger partial charge in [0.2, 0.25) is 0 Å². The maximum Gasteiger partial charge on any atom is 0.186 e. The van der Waals surface area contributed by atoms with E-state index in [1.54, 1.807) is 11.3 Å². The van der Waals surface area contributed by atoms with Gasteiger partial charge < -0.3 is 10.6 Å². The second kappa shape index (κ2) is 6.22. The highest BCUT2D eigenvalue weighted by Crippen LogP contribution is 2.35. The van der Waals surface area contributed by atoms with Crippen LogP contribution in [-0.4, -0.2) is 17.6 Å². The molecule has 2 N–H and O–H groups in total. The molecule has 0 atom stereocenters. The Bertz CT molecular complexity index is 599. The van der Waals surface area contributed by atoms with E-state index in [4.69, 9.17) is 10.7 Å². The summed E-state index contributed by atoms with van der Waals surface area (Å²) in [5.74, 6) is 0.735. The maximum absolute atomic E-state index is 5.90. The molecule has 0 amide bonds. The summed E-state index contributed by atoms with van der Waals surface area (Å²) in [6.45, 7) is 5.72. The molecule has 0 saturated heterocycles. The molecule has 0 radical (unpaired) electrons. The van der Waals surface area contributed by atoms with Gasteiger partial charge in [0.15, 0.2) is 5.13 Å². The van der Waals surface area contributed by atoms with E-state index >= 15 is 0 Å². The molecule has 0 unspecified atom stereocenters. The van der Waals surface area contributed by atoms with Gasteiger partial charge in [-0.05, 0) is 43.4 Å². The minimum atomic E-state index is 0.682. The molecule has 114 valence electrons. The Hall–Kier alpha value is -1.29. The fourth-order valence-electron chi connectivity index (χ4n) is 3.10. The standard InChI is InChI=1S/C17H25N3S/c1-12(2)9-10-20(14-5-3-4-6-14)17-19-15-8-7-13(18)11-16(15)21-17/h7-8,11-12,14H,3-6,9-10,18H2,1-2H3. The van der Waals surface area contributed by atoms with Crippen molar-refractivity contribution >= 4 is 32.4 Å². The van der Waals surface area contributed by atoms with E-state index in [0.29, 0.717) is 6.04 Å². The van der Waals surface area contributed by atoms with E-state index < -0.39 is 0 Å². The van der Waals surface area contributed by atoms with E-state index in [2.05, 4.69) is 18.7 Å². The summed E-state index contributed by atoms with van der Waals surface area (Å²) >= 11 is 1.79. The van der Waals surface area contributed by atoms with Gasteiger partial charge >= 0.3 is 0 Å². The smallest absolute Gasteiger partial charge is 0.186 e. The van der Waals surface area contributed by atoms with E-state index in [1.165, 1.54) is 41.9 Å². The van der Waals surface area contributed by atoms with E-state index in [0.717, 1.165) is 23.7 Å². The van der Waals surface area contributed by atoms with E-state index in [9.17, 15) is 0 Å². The molecule has 1 heterocycles. The Morgan fingerprint density at radius 1 is 1.33 bits per heavy atom. The van der Waals surface area contributed by atoms with Crippen LogP contribution in [0.25, 0.3) is 10.2 Å². The van der Waals surface area contributed by atoms with Crippen molar-refractivity contribution in [1.82, 2.24) is 4.98 Å². The number of nitrogen functional groups attached to an aromatic ring is 1. The monoisotopic (exact) mass is 303 g/mol. The Morgan fingerprint density at radius 2 is 2.10 bits per heavy atom. The van der Waals surface area contributed by atoms with Gasteiger partial charge in [0.1, 0.15) is 0 Å². The lowest BCUT2D eigenvalue weighted by atomic mass is 10.1. The van der Waals surface area contributed by atoms with Crippen LogP contribution in [0.5, 0.6) is 0 Å². The first-order chi connectivity index (χ1) is 10.1. The molecule has 1 fully saturated rings.